The molecule has 1 N–H and O–H groups in total. The number of fused-ring (bicyclic) bond motifs is 1. The maximum atomic E-state index is 12.9. The molecule has 0 aliphatic rings. The highest BCUT2D eigenvalue weighted by atomic mass is 35.5. The molecule has 0 saturated carbocycles. The first-order chi connectivity index (χ1) is 12.9. The molecule has 0 aliphatic carbocycles. The largest absolute Gasteiger partial charge is 0.351 e. The van der Waals surface area contributed by atoms with E-state index in [2.05, 4.69) is 9.97 Å². The van der Waals surface area contributed by atoms with Crippen molar-refractivity contribution < 1.29 is 8.42 Å². The highest BCUT2D eigenvalue weighted by Gasteiger charge is 2.25. The average Bonchev–Trinajstić information content (AvgIpc) is 3.40. The van der Waals surface area contributed by atoms with E-state index < -0.39 is 10.0 Å². The summed E-state index contributed by atoms with van der Waals surface area (Å²) in [7, 11) is -2.03. The quantitative estimate of drug-likeness (QED) is 0.435. The standard InChI is InChI=1S/C18H16ClN3O2S3/c1-11-5-6-15(22(2)27(23,24)16-4-3-7-25-16)17-13(11)8-14(21-17)18-20-10-12(9-19)26-18/h3-8,10,21H,9H2,1-2H3. The third-order valence-corrected chi connectivity index (χ3v) is 8.98. The number of hydrogen-bond donors (Lipinski definition) is 1. The van der Waals surface area contributed by atoms with Crippen molar-refractivity contribution in [1.29, 1.82) is 0 Å². The number of alkyl halides is 1. The molecule has 3 heterocycles. The molecular formula is C18H16ClN3O2S3. The van der Waals surface area contributed by atoms with Gasteiger partial charge >= 0.3 is 0 Å². The van der Waals surface area contributed by atoms with Crippen LogP contribution in [0.3, 0.4) is 0 Å². The summed E-state index contributed by atoms with van der Waals surface area (Å²) in [6.07, 6.45) is 1.76. The lowest BCUT2D eigenvalue weighted by Crippen LogP contribution is -2.26. The van der Waals surface area contributed by atoms with Gasteiger partial charge < -0.3 is 4.98 Å². The number of nitrogens with zero attached hydrogens (tertiary/aromatic N) is 2. The third kappa shape index (κ3) is 3.16. The normalized spacial score (nSPS) is 12.0. The zero-order chi connectivity index (χ0) is 19.2. The molecule has 0 unspecified atom stereocenters. The summed E-state index contributed by atoms with van der Waals surface area (Å²) in [5.41, 5.74) is 3.29. The van der Waals surface area contributed by atoms with Gasteiger partial charge in [-0.3, -0.25) is 4.31 Å². The van der Waals surface area contributed by atoms with Gasteiger partial charge in [0.15, 0.2) is 0 Å². The second-order valence-corrected chi connectivity index (χ2v) is 10.6. The topological polar surface area (TPSA) is 66.1 Å². The van der Waals surface area contributed by atoms with Gasteiger partial charge in [0.1, 0.15) is 9.22 Å². The van der Waals surface area contributed by atoms with Crippen molar-refractivity contribution >= 4 is 60.9 Å². The van der Waals surface area contributed by atoms with Crippen LogP contribution in [-0.4, -0.2) is 25.4 Å². The predicted octanol–water partition coefficient (Wildman–Crippen LogP) is 5.23. The fraction of sp³-hybridized carbons (Fsp3) is 0.167. The molecular weight excluding hydrogens is 422 g/mol. The predicted molar refractivity (Wildman–Crippen MR) is 114 cm³/mol. The molecule has 27 heavy (non-hydrogen) atoms. The summed E-state index contributed by atoms with van der Waals surface area (Å²) in [5, 5.41) is 3.56. The van der Waals surface area contributed by atoms with Gasteiger partial charge in [0, 0.05) is 23.5 Å². The van der Waals surface area contributed by atoms with Crippen LogP contribution in [0.15, 0.2) is 46.1 Å². The zero-order valence-electron chi connectivity index (χ0n) is 14.6. The van der Waals surface area contributed by atoms with Crippen molar-refractivity contribution in [1.82, 2.24) is 9.97 Å². The number of hydrogen-bond acceptors (Lipinski definition) is 5. The van der Waals surface area contributed by atoms with Gasteiger partial charge in [0.05, 0.1) is 22.8 Å². The number of aryl methyl sites for hydroxylation is 1. The number of sulfonamides is 1. The van der Waals surface area contributed by atoms with Crippen LogP contribution in [0.1, 0.15) is 10.4 Å². The fourth-order valence-corrected chi connectivity index (χ4v) is 6.23. The molecule has 4 aromatic rings. The molecule has 9 heteroatoms. The number of thiophene rings is 1. The Balaban J connectivity index is 1.85. The molecule has 5 nitrogen and oxygen atoms in total. The molecule has 0 atom stereocenters. The van der Waals surface area contributed by atoms with Crippen molar-refractivity contribution in [2.24, 2.45) is 0 Å². The first-order valence-electron chi connectivity index (χ1n) is 8.07. The molecule has 140 valence electrons. The van der Waals surface area contributed by atoms with Gasteiger partial charge in [-0.25, -0.2) is 13.4 Å². The van der Waals surface area contributed by atoms with E-state index in [9.17, 15) is 8.42 Å². The molecule has 1 aromatic carbocycles. The lowest BCUT2D eigenvalue weighted by molar-refractivity contribution is 0.596. The molecule has 0 spiro atoms. The molecule has 0 saturated heterocycles. The van der Waals surface area contributed by atoms with Crippen LogP contribution < -0.4 is 4.31 Å². The molecule has 0 bridgehead atoms. The second kappa shape index (κ2) is 6.94. The Kier molecular flexibility index (Phi) is 4.75. The summed E-state index contributed by atoms with van der Waals surface area (Å²) in [5.74, 6) is 0.421. The molecule has 0 radical (unpaired) electrons. The minimum absolute atomic E-state index is 0.317. The second-order valence-electron chi connectivity index (χ2n) is 6.04. The van der Waals surface area contributed by atoms with E-state index >= 15 is 0 Å². The van der Waals surface area contributed by atoms with Crippen molar-refractivity contribution in [2.75, 3.05) is 11.4 Å². The molecule has 3 aromatic heterocycles. The number of nitrogens with one attached hydrogen (secondary N) is 1. The summed E-state index contributed by atoms with van der Waals surface area (Å²) in [6.45, 7) is 2.00. The summed E-state index contributed by atoms with van der Waals surface area (Å²) in [6, 6.07) is 9.12. The number of halogens is 1. The Morgan fingerprint density at radius 3 is 2.78 bits per heavy atom. The van der Waals surface area contributed by atoms with Gasteiger partial charge in [-0.05, 0) is 36.1 Å². The molecule has 0 aliphatic heterocycles. The Labute approximate surface area is 170 Å². The number of H-pyrrole nitrogens is 1. The number of aromatic amines is 1. The lowest BCUT2D eigenvalue weighted by Gasteiger charge is -2.19. The first kappa shape index (κ1) is 18.5. The maximum Gasteiger partial charge on any atom is 0.273 e. The van der Waals surface area contributed by atoms with Gasteiger partial charge in [-0.2, -0.15) is 0 Å². The van der Waals surface area contributed by atoms with E-state index in [4.69, 9.17) is 11.6 Å². The van der Waals surface area contributed by atoms with E-state index in [1.165, 1.54) is 27.0 Å². The van der Waals surface area contributed by atoms with E-state index in [0.717, 1.165) is 32.0 Å². The highest BCUT2D eigenvalue weighted by Crippen LogP contribution is 2.36. The molecule has 0 fully saturated rings. The van der Waals surface area contributed by atoms with E-state index in [1.54, 1.807) is 30.8 Å². The Morgan fingerprint density at radius 1 is 1.30 bits per heavy atom. The number of benzene rings is 1. The van der Waals surface area contributed by atoms with Crippen LogP contribution >= 0.6 is 34.3 Å². The molecule has 0 amide bonds. The average molecular weight is 438 g/mol. The SMILES string of the molecule is Cc1ccc(N(C)S(=O)(=O)c2cccs2)c2[nH]c(-c3ncc(CCl)s3)cc12. The van der Waals surface area contributed by atoms with Gasteiger partial charge in [0.2, 0.25) is 0 Å². The number of rotatable bonds is 5. The van der Waals surface area contributed by atoms with E-state index in [1.807, 2.05) is 25.1 Å². The van der Waals surface area contributed by atoms with E-state index in [0.29, 0.717) is 15.8 Å². The van der Waals surface area contributed by atoms with E-state index in [-0.39, 0.29) is 0 Å². The van der Waals surface area contributed by atoms with Crippen molar-refractivity contribution in [3.63, 3.8) is 0 Å². The van der Waals surface area contributed by atoms with Crippen molar-refractivity contribution in [2.45, 2.75) is 17.0 Å². The van der Waals surface area contributed by atoms with Crippen LogP contribution in [0.4, 0.5) is 5.69 Å². The first-order valence-corrected chi connectivity index (χ1v) is 11.7. The van der Waals surface area contributed by atoms with Crippen LogP contribution in [-0.2, 0) is 15.9 Å². The molecule has 4 rings (SSSR count). The number of thiazole rings is 1. The van der Waals surface area contributed by atoms with Crippen LogP contribution in [0.25, 0.3) is 21.6 Å². The van der Waals surface area contributed by atoms with Crippen LogP contribution in [0.5, 0.6) is 0 Å². The Hall–Kier alpha value is -1.87. The fourth-order valence-electron chi connectivity index (χ4n) is 2.89. The Bertz CT molecular complexity index is 1210. The van der Waals surface area contributed by atoms with Gasteiger partial charge in [-0.15, -0.1) is 34.3 Å². The summed E-state index contributed by atoms with van der Waals surface area (Å²) < 4.78 is 27.5. The maximum absolute atomic E-state index is 12.9. The summed E-state index contributed by atoms with van der Waals surface area (Å²) in [4.78, 5) is 8.76. The van der Waals surface area contributed by atoms with Gasteiger partial charge in [-0.1, -0.05) is 12.1 Å². The van der Waals surface area contributed by atoms with Crippen LogP contribution in [0.2, 0.25) is 0 Å². The third-order valence-electron chi connectivity index (χ3n) is 4.35. The van der Waals surface area contributed by atoms with Crippen molar-refractivity contribution in [3.05, 3.63) is 52.3 Å². The minimum atomic E-state index is -3.61. The van der Waals surface area contributed by atoms with Gasteiger partial charge in [0.25, 0.3) is 10.0 Å². The Morgan fingerprint density at radius 2 is 2.11 bits per heavy atom. The number of anilines is 1. The summed E-state index contributed by atoms with van der Waals surface area (Å²) >= 11 is 8.61. The zero-order valence-corrected chi connectivity index (χ0v) is 17.8. The number of aromatic nitrogens is 2. The lowest BCUT2D eigenvalue weighted by atomic mass is 10.1. The monoisotopic (exact) mass is 437 g/mol. The van der Waals surface area contributed by atoms with Crippen molar-refractivity contribution in [3.8, 4) is 10.7 Å². The smallest absolute Gasteiger partial charge is 0.273 e. The minimum Gasteiger partial charge on any atom is -0.351 e. The van der Waals surface area contributed by atoms with Crippen LogP contribution in [0, 0.1) is 6.92 Å². The highest BCUT2D eigenvalue weighted by molar-refractivity contribution is 7.94.